The van der Waals surface area contributed by atoms with Crippen molar-refractivity contribution in [3.05, 3.63) is 151 Å². The van der Waals surface area contributed by atoms with E-state index in [0.29, 0.717) is 5.89 Å². The van der Waals surface area contributed by atoms with Crippen LogP contribution in [0.5, 0.6) is 0 Å². The molecule has 6 aromatic carbocycles. The summed E-state index contributed by atoms with van der Waals surface area (Å²) < 4.78 is 8.37. The number of oxazole rings is 1. The van der Waals surface area contributed by atoms with Gasteiger partial charge in [-0.25, -0.2) is 4.98 Å². The number of rotatable bonds is 5. The van der Waals surface area contributed by atoms with Gasteiger partial charge in [0, 0.05) is 39.1 Å². The number of nitrogens with zero attached hydrogens (tertiary/aromatic N) is 3. The number of fused-ring (bicyclic) bond motifs is 4. The first-order valence-electron chi connectivity index (χ1n) is 14.1. The number of benzene rings is 6. The second kappa shape index (κ2) is 9.79. The van der Waals surface area contributed by atoms with Crippen LogP contribution < -0.4 is 4.90 Å². The fraction of sp³-hybridized carbons (Fsp3) is 0.0263. The maximum Gasteiger partial charge on any atom is 0.227 e. The van der Waals surface area contributed by atoms with Gasteiger partial charge >= 0.3 is 0 Å². The lowest BCUT2D eigenvalue weighted by Gasteiger charge is -2.26. The molecule has 0 aliphatic heterocycles. The molecule has 0 amide bonds. The molecule has 0 saturated carbocycles. The molecule has 0 atom stereocenters. The third kappa shape index (κ3) is 4.04. The molecule has 8 aromatic rings. The second-order valence-corrected chi connectivity index (χ2v) is 10.6. The smallest absolute Gasteiger partial charge is 0.227 e. The molecule has 0 aliphatic carbocycles. The number of para-hydroxylation sites is 4. The predicted molar refractivity (Wildman–Crippen MR) is 173 cm³/mol. The third-order valence-corrected chi connectivity index (χ3v) is 7.87. The molecule has 42 heavy (non-hydrogen) atoms. The summed E-state index contributed by atoms with van der Waals surface area (Å²) in [5.74, 6) is 0.625. The lowest BCUT2D eigenvalue weighted by atomic mass is 10.1. The van der Waals surface area contributed by atoms with Crippen LogP contribution in [0, 0.1) is 6.92 Å². The summed E-state index contributed by atoms with van der Waals surface area (Å²) >= 11 is 0. The molecule has 0 unspecified atom stereocenters. The summed E-state index contributed by atoms with van der Waals surface area (Å²) in [5.41, 5.74) is 10.6. The standard InChI is InChI=1S/C38H27N3O/c1-26-15-24-36-33(25-26)32-11-5-7-13-35(32)41(36)31-22-20-30(21-23-31)40(28-9-3-2-4-10-28)29-18-16-27(17-19-29)38-39-34-12-6-8-14-37(34)42-38/h2-25H,1H3. The zero-order valence-corrected chi connectivity index (χ0v) is 23.1. The van der Waals surface area contributed by atoms with Crippen molar-refractivity contribution in [3.8, 4) is 17.1 Å². The van der Waals surface area contributed by atoms with E-state index < -0.39 is 0 Å². The predicted octanol–water partition coefficient (Wildman–Crippen LogP) is 10.4. The van der Waals surface area contributed by atoms with Crippen molar-refractivity contribution in [3.63, 3.8) is 0 Å². The number of aromatic nitrogens is 2. The molecular formula is C38H27N3O. The molecule has 0 fully saturated rings. The van der Waals surface area contributed by atoms with Crippen molar-refractivity contribution in [1.29, 1.82) is 0 Å². The number of anilines is 3. The van der Waals surface area contributed by atoms with E-state index >= 15 is 0 Å². The van der Waals surface area contributed by atoms with Crippen molar-refractivity contribution < 1.29 is 4.42 Å². The molecule has 0 radical (unpaired) electrons. The van der Waals surface area contributed by atoms with Gasteiger partial charge in [-0.3, -0.25) is 0 Å². The van der Waals surface area contributed by atoms with Crippen LogP contribution in [0.15, 0.2) is 150 Å². The number of aryl methyl sites for hydroxylation is 1. The quantitative estimate of drug-likeness (QED) is 0.217. The van der Waals surface area contributed by atoms with Crippen LogP contribution in [0.3, 0.4) is 0 Å². The molecule has 200 valence electrons. The van der Waals surface area contributed by atoms with E-state index in [1.807, 2.05) is 30.3 Å². The van der Waals surface area contributed by atoms with Crippen LogP contribution in [-0.4, -0.2) is 9.55 Å². The van der Waals surface area contributed by atoms with Gasteiger partial charge in [-0.1, -0.05) is 60.2 Å². The molecular weight excluding hydrogens is 514 g/mol. The highest BCUT2D eigenvalue weighted by molar-refractivity contribution is 6.09. The number of hydrogen-bond donors (Lipinski definition) is 0. The molecule has 0 bridgehead atoms. The summed E-state index contributed by atoms with van der Waals surface area (Å²) in [4.78, 5) is 6.95. The minimum absolute atomic E-state index is 0.625. The van der Waals surface area contributed by atoms with Gasteiger partial charge in [-0.05, 0) is 97.9 Å². The van der Waals surface area contributed by atoms with Gasteiger partial charge in [-0.2, -0.15) is 0 Å². The van der Waals surface area contributed by atoms with E-state index in [1.165, 1.54) is 27.4 Å². The fourth-order valence-corrected chi connectivity index (χ4v) is 5.89. The molecule has 0 spiro atoms. The lowest BCUT2D eigenvalue weighted by molar-refractivity contribution is 0.620. The molecule has 8 rings (SSSR count). The van der Waals surface area contributed by atoms with Gasteiger partial charge < -0.3 is 13.9 Å². The Morgan fingerprint density at radius 3 is 2.00 bits per heavy atom. The van der Waals surface area contributed by atoms with Crippen molar-refractivity contribution in [2.45, 2.75) is 6.92 Å². The highest BCUT2D eigenvalue weighted by Crippen LogP contribution is 2.38. The number of hydrogen-bond acceptors (Lipinski definition) is 3. The second-order valence-electron chi connectivity index (χ2n) is 10.6. The Morgan fingerprint density at radius 1 is 0.571 bits per heavy atom. The van der Waals surface area contributed by atoms with Crippen molar-refractivity contribution in [2.24, 2.45) is 0 Å². The van der Waals surface area contributed by atoms with Gasteiger partial charge in [0.2, 0.25) is 5.89 Å². The monoisotopic (exact) mass is 541 g/mol. The Bertz CT molecular complexity index is 2160. The summed E-state index contributed by atoms with van der Waals surface area (Å²) in [6.07, 6.45) is 0. The summed E-state index contributed by atoms with van der Waals surface area (Å²) in [7, 11) is 0. The molecule has 4 nitrogen and oxygen atoms in total. The molecule has 0 N–H and O–H groups in total. The average molecular weight is 542 g/mol. The zero-order chi connectivity index (χ0) is 28.0. The highest BCUT2D eigenvalue weighted by Gasteiger charge is 2.16. The Labute approximate surface area is 243 Å². The molecule has 2 aromatic heterocycles. The molecule has 2 heterocycles. The lowest BCUT2D eigenvalue weighted by Crippen LogP contribution is -2.10. The summed E-state index contributed by atoms with van der Waals surface area (Å²) in [5, 5.41) is 2.55. The van der Waals surface area contributed by atoms with E-state index in [0.717, 1.165) is 39.4 Å². The first-order valence-corrected chi connectivity index (χ1v) is 14.1. The van der Waals surface area contributed by atoms with Gasteiger partial charge in [0.05, 0.1) is 11.0 Å². The highest BCUT2D eigenvalue weighted by atomic mass is 16.3. The normalized spacial score (nSPS) is 11.5. The molecule has 0 saturated heterocycles. The van der Waals surface area contributed by atoms with Crippen molar-refractivity contribution in [1.82, 2.24) is 9.55 Å². The van der Waals surface area contributed by atoms with Gasteiger partial charge in [0.15, 0.2) is 5.58 Å². The minimum atomic E-state index is 0.625. The Hall–Kier alpha value is -5.61. The summed E-state index contributed by atoms with van der Waals surface area (Å²) in [6.45, 7) is 2.15. The van der Waals surface area contributed by atoms with Crippen LogP contribution in [0.1, 0.15) is 5.56 Å². The van der Waals surface area contributed by atoms with Crippen LogP contribution in [-0.2, 0) is 0 Å². The Balaban J connectivity index is 1.20. The van der Waals surface area contributed by atoms with E-state index in [2.05, 4.69) is 137 Å². The first-order chi connectivity index (χ1) is 20.7. The molecule has 0 aliphatic rings. The van der Waals surface area contributed by atoms with E-state index in [-0.39, 0.29) is 0 Å². The van der Waals surface area contributed by atoms with E-state index in [4.69, 9.17) is 4.42 Å². The minimum Gasteiger partial charge on any atom is -0.436 e. The topological polar surface area (TPSA) is 34.2 Å². The van der Waals surface area contributed by atoms with E-state index in [9.17, 15) is 0 Å². The Kier molecular flexibility index (Phi) is 5.64. The molecule has 4 heteroatoms. The average Bonchev–Trinajstić information content (AvgIpc) is 3.62. The zero-order valence-electron chi connectivity index (χ0n) is 23.1. The van der Waals surface area contributed by atoms with Crippen molar-refractivity contribution >= 4 is 50.0 Å². The maximum atomic E-state index is 6.01. The van der Waals surface area contributed by atoms with Gasteiger partial charge in [-0.15, -0.1) is 0 Å². The van der Waals surface area contributed by atoms with Crippen LogP contribution in [0.2, 0.25) is 0 Å². The Morgan fingerprint density at radius 2 is 1.21 bits per heavy atom. The van der Waals surface area contributed by atoms with Gasteiger partial charge in [0.25, 0.3) is 0 Å². The largest absolute Gasteiger partial charge is 0.436 e. The SMILES string of the molecule is Cc1ccc2c(c1)c1ccccc1n2-c1ccc(N(c2ccccc2)c2ccc(-c3nc4ccccc4o3)cc2)cc1. The van der Waals surface area contributed by atoms with E-state index in [1.54, 1.807) is 0 Å². The fourth-order valence-electron chi connectivity index (χ4n) is 5.89. The van der Waals surface area contributed by atoms with Crippen LogP contribution in [0.25, 0.3) is 50.0 Å². The van der Waals surface area contributed by atoms with Crippen LogP contribution >= 0.6 is 0 Å². The van der Waals surface area contributed by atoms with Crippen molar-refractivity contribution in [2.75, 3.05) is 4.90 Å². The van der Waals surface area contributed by atoms with Crippen LogP contribution in [0.4, 0.5) is 17.1 Å². The maximum absolute atomic E-state index is 6.01. The summed E-state index contributed by atoms with van der Waals surface area (Å²) in [6, 6.07) is 50.9. The first kappa shape index (κ1) is 24.2. The third-order valence-electron chi connectivity index (χ3n) is 7.87. The van der Waals surface area contributed by atoms with Gasteiger partial charge in [0.1, 0.15) is 5.52 Å².